The van der Waals surface area contributed by atoms with Gasteiger partial charge in [0.05, 0.1) is 5.56 Å². The lowest BCUT2D eigenvalue weighted by Crippen LogP contribution is -2.07. The Hall–Kier alpha value is -6.00. The van der Waals surface area contributed by atoms with Gasteiger partial charge in [0.1, 0.15) is 23.1 Å². The molecule has 0 bridgehead atoms. The molecule has 0 spiro atoms. The minimum absolute atomic E-state index is 0.0646. The second-order valence-corrected chi connectivity index (χ2v) is 9.67. The van der Waals surface area contributed by atoms with Crippen LogP contribution < -0.4 is 14.2 Å². The van der Waals surface area contributed by atoms with Gasteiger partial charge in [-0.3, -0.25) is 0 Å². The molecule has 7 heteroatoms. The third-order valence-electron chi connectivity index (χ3n) is 6.14. The fourth-order valence-corrected chi connectivity index (χ4v) is 3.80. The van der Waals surface area contributed by atoms with E-state index in [0.29, 0.717) is 28.2 Å². The molecule has 0 amide bonds. The highest BCUT2D eigenvalue weighted by Gasteiger charge is 2.15. The molecule has 0 fully saturated rings. The number of halogens is 1. The number of carbonyl (C=O) groups is 3. The van der Waals surface area contributed by atoms with Crippen LogP contribution in [0, 0.1) is 17.7 Å². The Bertz CT molecular complexity index is 1840. The van der Waals surface area contributed by atoms with E-state index in [1.54, 1.807) is 74.5 Å². The zero-order chi connectivity index (χ0) is 31.8. The monoisotopic (exact) mass is 586 g/mol. The molecule has 0 aliphatic heterocycles. The van der Waals surface area contributed by atoms with Crippen LogP contribution in [0.25, 0.3) is 22.3 Å². The summed E-state index contributed by atoms with van der Waals surface area (Å²) in [5.74, 6) is 4.21. The first-order chi connectivity index (χ1) is 21.0. The van der Waals surface area contributed by atoms with E-state index in [1.807, 2.05) is 12.1 Å². The van der Waals surface area contributed by atoms with Gasteiger partial charge in [-0.1, -0.05) is 68.0 Å². The lowest BCUT2D eigenvalue weighted by Gasteiger charge is -2.11. The molecule has 44 heavy (non-hydrogen) atoms. The van der Waals surface area contributed by atoms with E-state index >= 15 is 4.39 Å². The molecule has 0 saturated heterocycles. The largest absolute Gasteiger partial charge is 0.423 e. The first-order valence-corrected chi connectivity index (χ1v) is 13.3. The van der Waals surface area contributed by atoms with Crippen LogP contribution in [-0.2, 0) is 14.4 Å². The number of benzene rings is 4. The number of esters is 3. The summed E-state index contributed by atoms with van der Waals surface area (Å²) in [6, 6.07) is 23.1. The minimum atomic E-state index is -0.720. The average Bonchev–Trinajstić information content (AvgIpc) is 3.02. The molecular formula is C37H27FO6. The van der Waals surface area contributed by atoms with E-state index in [9.17, 15) is 14.4 Å². The van der Waals surface area contributed by atoms with Gasteiger partial charge in [0.25, 0.3) is 0 Å². The highest BCUT2D eigenvalue weighted by Crippen LogP contribution is 2.32. The molecule has 4 aromatic rings. The Balaban J connectivity index is 1.59. The van der Waals surface area contributed by atoms with Crippen LogP contribution in [0.5, 0.6) is 17.2 Å². The number of carbonyl (C=O) groups excluding carboxylic acids is 3. The molecule has 4 aromatic carbocycles. The van der Waals surface area contributed by atoms with Crippen LogP contribution in [0.2, 0.25) is 0 Å². The molecule has 0 N–H and O–H groups in total. The molecule has 0 aliphatic carbocycles. The lowest BCUT2D eigenvalue weighted by molar-refractivity contribution is -0.130. The van der Waals surface area contributed by atoms with Crippen LogP contribution >= 0.6 is 0 Å². The van der Waals surface area contributed by atoms with Gasteiger partial charge in [-0.15, -0.1) is 0 Å². The topological polar surface area (TPSA) is 78.9 Å². The zero-order valence-corrected chi connectivity index (χ0v) is 24.1. The Morgan fingerprint density at radius 1 is 0.682 bits per heavy atom. The van der Waals surface area contributed by atoms with Gasteiger partial charge in [0.2, 0.25) is 0 Å². The summed E-state index contributed by atoms with van der Waals surface area (Å²) < 4.78 is 31.2. The number of hydrogen-bond donors (Lipinski definition) is 0. The molecule has 0 saturated carbocycles. The van der Waals surface area contributed by atoms with Crippen molar-refractivity contribution in [2.75, 3.05) is 0 Å². The Morgan fingerprint density at radius 2 is 1.16 bits per heavy atom. The van der Waals surface area contributed by atoms with Gasteiger partial charge in [-0.2, -0.15) is 0 Å². The lowest BCUT2D eigenvalue weighted by atomic mass is 9.98. The van der Waals surface area contributed by atoms with E-state index in [1.165, 1.54) is 12.1 Å². The molecule has 0 radical (unpaired) electrons. The van der Waals surface area contributed by atoms with Crippen molar-refractivity contribution in [3.05, 3.63) is 139 Å². The Kier molecular flexibility index (Phi) is 9.69. The van der Waals surface area contributed by atoms with E-state index in [-0.39, 0.29) is 22.4 Å². The Morgan fingerprint density at radius 3 is 1.66 bits per heavy atom. The van der Waals surface area contributed by atoms with Gasteiger partial charge < -0.3 is 14.2 Å². The minimum Gasteiger partial charge on any atom is -0.423 e. The molecule has 218 valence electrons. The Labute approximate surface area is 254 Å². The molecule has 0 heterocycles. The van der Waals surface area contributed by atoms with Crippen LogP contribution in [0.4, 0.5) is 4.39 Å². The van der Waals surface area contributed by atoms with Crippen LogP contribution in [0.15, 0.2) is 122 Å². The molecular weight excluding hydrogens is 559 g/mol. The number of ether oxygens (including phenoxy) is 3. The average molecular weight is 587 g/mol. The fourth-order valence-electron chi connectivity index (χ4n) is 3.80. The van der Waals surface area contributed by atoms with Gasteiger partial charge in [0.15, 0.2) is 0 Å². The van der Waals surface area contributed by atoms with Crippen LogP contribution in [0.1, 0.15) is 25.0 Å². The smallest absolute Gasteiger partial charge is 0.338 e. The molecule has 4 rings (SSSR count). The maximum atomic E-state index is 15.4. The molecule has 0 unspecified atom stereocenters. The maximum Gasteiger partial charge on any atom is 0.338 e. The van der Waals surface area contributed by atoms with Crippen molar-refractivity contribution in [3.63, 3.8) is 0 Å². The molecule has 0 aromatic heterocycles. The third-order valence-corrected chi connectivity index (χ3v) is 6.14. The molecule has 0 aliphatic rings. The number of rotatable bonds is 8. The van der Waals surface area contributed by atoms with Crippen molar-refractivity contribution < 1.29 is 33.0 Å². The van der Waals surface area contributed by atoms with E-state index in [2.05, 4.69) is 31.6 Å². The standard InChI is InChI=1S/C37H27FO6/c1-6-35(39)44-34-22-32(28-13-11-26(12-14-28)27-15-19-31(20-16-27)43-37(41)24(4)5)33(38)21-29(34)10-7-25-8-17-30(18-9-25)42-36(40)23(2)3/h6,8-9,11-22H,1-2,4H2,3,5H3. The predicted octanol–water partition coefficient (Wildman–Crippen LogP) is 7.61. The van der Waals surface area contributed by atoms with E-state index < -0.39 is 23.7 Å². The quantitative estimate of drug-likeness (QED) is 0.0915. The van der Waals surface area contributed by atoms with Crippen molar-refractivity contribution in [2.24, 2.45) is 0 Å². The zero-order valence-electron chi connectivity index (χ0n) is 24.1. The van der Waals surface area contributed by atoms with Crippen LogP contribution in [-0.4, -0.2) is 17.9 Å². The third kappa shape index (κ3) is 7.84. The van der Waals surface area contributed by atoms with Gasteiger partial charge in [-0.25, -0.2) is 18.8 Å². The SMILES string of the molecule is C=CC(=O)Oc1cc(-c2ccc(-c3ccc(OC(=O)C(=C)C)cc3)cc2)c(F)cc1C#Cc1ccc(OC(=O)C(=C)C)cc1. The summed E-state index contributed by atoms with van der Waals surface area (Å²) in [5, 5.41) is 0. The second-order valence-electron chi connectivity index (χ2n) is 9.67. The summed E-state index contributed by atoms with van der Waals surface area (Å²) >= 11 is 0. The maximum absolute atomic E-state index is 15.4. The van der Waals surface area contributed by atoms with Gasteiger partial charge >= 0.3 is 17.9 Å². The summed E-state index contributed by atoms with van der Waals surface area (Å²) in [6.45, 7) is 13.7. The van der Waals surface area contributed by atoms with Crippen molar-refractivity contribution >= 4 is 17.9 Å². The van der Waals surface area contributed by atoms with E-state index in [4.69, 9.17) is 14.2 Å². The highest BCUT2D eigenvalue weighted by molar-refractivity contribution is 5.89. The van der Waals surface area contributed by atoms with Gasteiger partial charge in [0, 0.05) is 28.3 Å². The van der Waals surface area contributed by atoms with Crippen molar-refractivity contribution in [1.29, 1.82) is 0 Å². The summed E-state index contributed by atoms with van der Waals surface area (Å²) in [7, 11) is 0. The normalized spacial score (nSPS) is 10.1. The van der Waals surface area contributed by atoms with Gasteiger partial charge in [-0.05, 0) is 79.1 Å². The summed E-state index contributed by atoms with van der Waals surface area (Å²) in [5.41, 5.74) is 3.76. The van der Waals surface area contributed by atoms with Crippen molar-refractivity contribution in [2.45, 2.75) is 13.8 Å². The first kappa shape index (κ1) is 30.9. The van der Waals surface area contributed by atoms with Crippen molar-refractivity contribution in [3.8, 4) is 51.3 Å². The molecule has 6 nitrogen and oxygen atoms in total. The summed E-state index contributed by atoms with van der Waals surface area (Å²) in [4.78, 5) is 35.5. The highest BCUT2D eigenvalue weighted by atomic mass is 19.1. The second kappa shape index (κ2) is 13.8. The predicted molar refractivity (Wildman–Crippen MR) is 166 cm³/mol. The van der Waals surface area contributed by atoms with E-state index in [0.717, 1.165) is 17.2 Å². The number of hydrogen-bond acceptors (Lipinski definition) is 6. The molecule has 0 atom stereocenters. The fraction of sp³-hybridized carbons (Fsp3) is 0.0541. The first-order valence-electron chi connectivity index (χ1n) is 13.3. The van der Waals surface area contributed by atoms with Crippen LogP contribution in [0.3, 0.4) is 0 Å². The van der Waals surface area contributed by atoms with Crippen molar-refractivity contribution in [1.82, 2.24) is 0 Å². The summed E-state index contributed by atoms with van der Waals surface area (Å²) in [6.07, 6.45) is 1.00.